The first-order chi connectivity index (χ1) is 7.97. The molecule has 1 rings (SSSR count). The molecule has 94 valence electrons. The Balaban J connectivity index is 2.76. The number of benzene rings is 1. The van der Waals surface area contributed by atoms with Crippen LogP contribution in [-0.4, -0.2) is 24.2 Å². The lowest BCUT2D eigenvalue weighted by Gasteiger charge is -2.14. The Labute approximate surface area is 103 Å². The van der Waals surface area contributed by atoms with E-state index in [1.165, 1.54) is 22.3 Å². The molecule has 2 N–H and O–H groups in total. The van der Waals surface area contributed by atoms with Crippen LogP contribution in [0.15, 0.2) is 12.1 Å². The normalized spacial score (nSPS) is 12.5. The second-order valence-electron chi connectivity index (χ2n) is 4.51. The highest BCUT2D eigenvalue weighted by molar-refractivity contribution is 5.73. The summed E-state index contributed by atoms with van der Waals surface area (Å²) in [6.07, 6.45) is 1.42. The summed E-state index contributed by atoms with van der Waals surface area (Å²) in [5.74, 6) is -0.783. The smallest absolute Gasteiger partial charge is 0.320 e. The summed E-state index contributed by atoms with van der Waals surface area (Å²) in [6, 6.07) is 3.75. The van der Waals surface area contributed by atoms with Crippen LogP contribution in [0, 0.1) is 20.8 Å². The van der Waals surface area contributed by atoms with E-state index in [0.29, 0.717) is 6.42 Å². The topological polar surface area (TPSA) is 49.3 Å². The Morgan fingerprint density at radius 3 is 2.47 bits per heavy atom. The molecule has 0 bridgehead atoms. The third kappa shape index (κ3) is 3.30. The van der Waals surface area contributed by atoms with Gasteiger partial charge in [0.25, 0.3) is 0 Å². The summed E-state index contributed by atoms with van der Waals surface area (Å²) >= 11 is 0. The lowest BCUT2D eigenvalue weighted by molar-refractivity contribution is -0.139. The minimum absolute atomic E-state index is 0.462. The van der Waals surface area contributed by atoms with Gasteiger partial charge in [-0.05, 0) is 62.9 Å². The van der Waals surface area contributed by atoms with E-state index in [1.54, 1.807) is 7.05 Å². The van der Waals surface area contributed by atoms with Gasteiger partial charge < -0.3 is 10.4 Å². The molecule has 0 aliphatic heterocycles. The predicted octanol–water partition coefficient (Wildman–Crippen LogP) is 2.22. The summed E-state index contributed by atoms with van der Waals surface area (Å²) in [6.45, 7) is 6.31. The van der Waals surface area contributed by atoms with Gasteiger partial charge in [0.2, 0.25) is 0 Å². The zero-order chi connectivity index (χ0) is 13.0. The number of nitrogens with one attached hydrogen (secondary N) is 1. The van der Waals surface area contributed by atoms with Crippen molar-refractivity contribution in [3.63, 3.8) is 0 Å². The number of carboxylic acids is 1. The maximum atomic E-state index is 10.9. The third-order valence-electron chi connectivity index (χ3n) is 3.52. The van der Waals surface area contributed by atoms with Gasteiger partial charge in [0.1, 0.15) is 6.04 Å². The van der Waals surface area contributed by atoms with Crippen molar-refractivity contribution in [3.05, 3.63) is 34.4 Å². The largest absolute Gasteiger partial charge is 0.480 e. The summed E-state index contributed by atoms with van der Waals surface area (Å²) < 4.78 is 0. The van der Waals surface area contributed by atoms with Crippen molar-refractivity contribution >= 4 is 5.97 Å². The Kier molecular flexibility index (Phi) is 4.70. The molecule has 1 unspecified atom stereocenters. The maximum absolute atomic E-state index is 10.9. The van der Waals surface area contributed by atoms with Crippen molar-refractivity contribution in [3.8, 4) is 0 Å². The van der Waals surface area contributed by atoms with E-state index in [4.69, 9.17) is 5.11 Å². The molecule has 0 radical (unpaired) electrons. The van der Waals surface area contributed by atoms with E-state index in [0.717, 1.165) is 6.42 Å². The van der Waals surface area contributed by atoms with Gasteiger partial charge >= 0.3 is 5.97 Å². The van der Waals surface area contributed by atoms with Crippen molar-refractivity contribution in [2.75, 3.05) is 7.05 Å². The van der Waals surface area contributed by atoms with Gasteiger partial charge in [0, 0.05) is 0 Å². The van der Waals surface area contributed by atoms with Gasteiger partial charge in [-0.25, -0.2) is 0 Å². The molecule has 1 aromatic rings. The average molecular weight is 235 g/mol. The molecule has 1 aromatic carbocycles. The van der Waals surface area contributed by atoms with Crippen molar-refractivity contribution in [2.24, 2.45) is 0 Å². The molecule has 0 aromatic heterocycles. The molecular weight excluding hydrogens is 214 g/mol. The maximum Gasteiger partial charge on any atom is 0.320 e. The van der Waals surface area contributed by atoms with Crippen LogP contribution in [0.4, 0.5) is 0 Å². The monoisotopic (exact) mass is 235 g/mol. The number of carbonyl (C=O) groups is 1. The van der Waals surface area contributed by atoms with Crippen molar-refractivity contribution in [2.45, 2.75) is 39.7 Å². The standard InChI is InChI=1S/C14H21NO2/c1-9-5-6-12(11(3)10(9)2)7-8-13(15-4)14(16)17/h5-6,13,15H,7-8H2,1-4H3,(H,16,17). The summed E-state index contributed by atoms with van der Waals surface area (Å²) in [4.78, 5) is 10.9. The van der Waals surface area contributed by atoms with Crippen molar-refractivity contribution < 1.29 is 9.90 Å². The molecule has 0 aliphatic rings. The molecule has 17 heavy (non-hydrogen) atoms. The number of hydrogen-bond acceptors (Lipinski definition) is 2. The molecule has 0 fully saturated rings. The molecule has 0 aliphatic carbocycles. The van der Waals surface area contributed by atoms with Crippen LogP contribution < -0.4 is 5.32 Å². The molecular formula is C14H21NO2. The van der Waals surface area contributed by atoms with Crippen LogP contribution in [0.2, 0.25) is 0 Å². The minimum Gasteiger partial charge on any atom is -0.480 e. The first kappa shape index (κ1) is 13.7. The van der Waals surface area contributed by atoms with Gasteiger partial charge in [-0.2, -0.15) is 0 Å². The molecule has 0 saturated heterocycles. The van der Waals surface area contributed by atoms with E-state index < -0.39 is 12.0 Å². The predicted molar refractivity (Wildman–Crippen MR) is 69.5 cm³/mol. The molecule has 1 atom stereocenters. The Bertz CT molecular complexity index is 413. The highest BCUT2D eigenvalue weighted by Crippen LogP contribution is 2.18. The number of hydrogen-bond donors (Lipinski definition) is 2. The summed E-state index contributed by atoms with van der Waals surface area (Å²) in [7, 11) is 1.69. The molecule has 0 spiro atoms. The first-order valence-corrected chi connectivity index (χ1v) is 5.93. The second kappa shape index (κ2) is 5.82. The number of aliphatic carboxylic acids is 1. The summed E-state index contributed by atoms with van der Waals surface area (Å²) in [5, 5.41) is 11.8. The van der Waals surface area contributed by atoms with Crippen LogP contribution in [0.25, 0.3) is 0 Å². The lowest BCUT2D eigenvalue weighted by atomic mass is 9.95. The van der Waals surface area contributed by atoms with Crippen molar-refractivity contribution in [1.82, 2.24) is 5.32 Å². The fourth-order valence-electron chi connectivity index (χ4n) is 1.97. The molecule has 3 nitrogen and oxygen atoms in total. The lowest BCUT2D eigenvalue weighted by Crippen LogP contribution is -2.34. The van der Waals surface area contributed by atoms with Crippen LogP contribution in [0.5, 0.6) is 0 Å². The van der Waals surface area contributed by atoms with Gasteiger partial charge in [-0.15, -0.1) is 0 Å². The Hall–Kier alpha value is -1.35. The second-order valence-corrected chi connectivity index (χ2v) is 4.51. The molecule has 0 amide bonds. The molecule has 0 heterocycles. The quantitative estimate of drug-likeness (QED) is 0.822. The highest BCUT2D eigenvalue weighted by Gasteiger charge is 2.15. The van der Waals surface area contributed by atoms with Crippen LogP contribution >= 0.6 is 0 Å². The zero-order valence-electron chi connectivity index (χ0n) is 11.0. The van der Waals surface area contributed by atoms with E-state index in [2.05, 4.69) is 38.2 Å². The van der Waals surface area contributed by atoms with Crippen LogP contribution in [0.3, 0.4) is 0 Å². The Morgan fingerprint density at radius 1 is 1.29 bits per heavy atom. The van der Waals surface area contributed by atoms with E-state index in [-0.39, 0.29) is 0 Å². The number of rotatable bonds is 5. The molecule has 3 heteroatoms. The average Bonchev–Trinajstić information content (AvgIpc) is 2.29. The van der Waals surface area contributed by atoms with E-state index in [9.17, 15) is 4.79 Å². The third-order valence-corrected chi connectivity index (χ3v) is 3.52. The minimum atomic E-state index is -0.783. The van der Waals surface area contributed by atoms with Gasteiger partial charge in [-0.3, -0.25) is 4.79 Å². The van der Waals surface area contributed by atoms with Crippen LogP contribution in [0.1, 0.15) is 28.7 Å². The highest BCUT2D eigenvalue weighted by atomic mass is 16.4. The van der Waals surface area contributed by atoms with Crippen molar-refractivity contribution in [1.29, 1.82) is 0 Å². The van der Waals surface area contributed by atoms with Gasteiger partial charge in [0.05, 0.1) is 0 Å². The fourth-order valence-corrected chi connectivity index (χ4v) is 1.97. The van der Waals surface area contributed by atoms with Gasteiger partial charge in [0.15, 0.2) is 0 Å². The summed E-state index contributed by atoms with van der Waals surface area (Å²) in [5.41, 5.74) is 5.12. The van der Waals surface area contributed by atoms with Crippen LogP contribution in [-0.2, 0) is 11.2 Å². The van der Waals surface area contributed by atoms with Gasteiger partial charge in [-0.1, -0.05) is 12.1 Å². The Morgan fingerprint density at radius 2 is 1.94 bits per heavy atom. The fraction of sp³-hybridized carbons (Fsp3) is 0.500. The first-order valence-electron chi connectivity index (χ1n) is 5.93. The number of likely N-dealkylation sites (N-methyl/N-ethyl adjacent to an activating group) is 1. The van der Waals surface area contributed by atoms with E-state index >= 15 is 0 Å². The SMILES string of the molecule is CNC(CCc1ccc(C)c(C)c1C)C(=O)O. The number of aryl methyl sites for hydroxylation is 2. The number of carboxylic acid groups (broad SMARTS) is 1. The van der Waals surface area contributed by atoms with E-state index in [1.807, 2.05) is 0 Å². The molecule has 0 saturated carbocycles. The zero-order valence-corrected chi connectivity index (χ0v) is 11.0.